The topological polar surface area (TPSA) is 147 Å². The Labute approximate surface area is 232 Å². The molecule has 3 N–H and O–H groups in total. The van der Waals surface area contributed by atoms with Crippen LogP contribution in [-0.4, -0.2) is 67.8 Å². The van der Waals surface area contributed by atoms with Crippen molar-refractivity contribution in [3.05, 3.63) is 77.6 Å². The molecule has 4 rings (SSSR count). The van der Waals surface area contributed by atoms with E-state index in [1.54, 1.807) is 6.07 Å². The number of alkyl halides is 3. The van der Waals surface area contributed by atoms with Gasteiger partial charge in [0.2, 0.25) is 0 Å². The number of rotatable bonds is 6. The fourth-order valence-corrected chi connectivity index (χ4v) is 5.05. The number of amides is 4. The first-order chi connectivity index (χ1) is 19.3. The van der Waals surface area contributed by atoms with Crippen LogP contribution in [0, 0.1) is 0 Å². The Morgan fingerprint density at radius 2 is 1.56 bits per heavy atom. The molecule has 0 bridgehead atoms. The zero-order valence-corrected chi connectivity index (χ0v) is 22.3. The highest BCUT2D eigenvalue weighted by Crippen LogP contribution is 2.32. The van der Waals surface area contributed by atoms with Gasteiger partial charge in [-0.3, -0.25) is 14.6 Å². The molecule has 216 valence electrons. The van der Waals surface area contributed by atoms with Gasteiger partial charge >= 0.3 is 12.2 Å². The molecule has 0 spiro atoms. The van der Waals surface area contributed by atoms with Crippen molar-refractivity contribution < 1.29 is 40.7 Å². The minimum absolute atomic E-state index is 0.142. The maximum atomic E-state index is 13.5. The molecule has 0 unspecified atom stereocenters. The molecule has 1 aliphatic rings. The second-order valence-electron chi connectivity index (χ2n) is 8.90. The Hall–Kier alpha value is -4.66. The first-order valence-corrected chi connectivity index (χ1v) is 13.9. The van der Waals surface area contributed by atoms with E-state index in [1.165, 1.54) is 43.6 Å². The lowest BCUT2D eigenvalue weighted by molar-refractivity contribution is -0.137. The highest BCUT2D eigenvalue weighted by molar-refractivity contribution is 7.91. The molecule has 2 heterocycles. The molecule has 11 nitrogen and oxygen atoms in total. The second-order valence-corrected chi connectivity index (χ2v) is 11.2. The van der Waals surface area contributed by atoms with Crippen LogP contribution < -0.4 is 20.7 Å². The lowest BCUT2D eigenvalue weighted by Crippen LogP contribution is -2.43. The van der Waals surface area contributed by atoms with Crippen LogP contribution in [0.5, 0.6) is 11.5 Å². The van der Waals surface area contributed by atoms with E-state index in [-0.39, 0.29) is 53.1 Å². The number of urea groups is 1. The predicted molar refractivity (Wildman–Crippen MR) is 143 cm³/mol. The van der Waals surface area contributed by atoms with Crippen molar-refractivity contribution in [3.8, 4) is 11.5 Å². The molecule has 0 radical (unpaired) electrons. The van der Waals surface area contributed by atoms with Crippen molar-refractivity contribution in [1.29, 1.82) is 0 Å². The molecule has 0 atom stereocenters. The van der Waals surface area contributed by atoms with E-state index in [4.69, 9.17) is 4.74 Å². The van der Waals surface area contributed by atoms with E-state index in [0.29, 0.717) is 23.6 Å². The van der Waals surface area contributed by atoms with Crippen LogP contribution in [0.3, 0.4) is 0 Å². The SMILES string of the molecule is CNC(=O)c1cc(Oc2ccc(NC(=O)Nc3cc(C(=O)N4CCS(=O)(=O)CC4)cc(C(F)(F)F)c3)cc2)ccn1. The second kappa shape index (κ2) is 11.8. The van der Waals surface area contributed by atoms with Gasteiger partial charge in [0.25, 0.3) is 11.8 Å². The van der Waals surface area contributed by atoms with Crippen molar-refractivity contribution >= 4 is 39.1 Å². The number of carbonyl (C=O) groups excluding carboxylic acids is 3. The monoisotopic (exact) mass is 591 g/mol. The van der Waals surface area contributed by atoms with Gasteiger partial charge in [-0.15, -0.1) is 0 Å². The van der Waals surface area contributed by atoms with Crippen LogP contribution in [0.2, 0.25) is 0 Å². The summed E-state index contributed by atoms with van der Waals surface area (Å²) in [7, 11) is -1.84. The first kappa shape index (κ1) is 29.3. The summed E-state index contributed by atoms with van der Waals surface area (Å²) in [5.74, 6) is -1.01. The quantitative estimate of drug-likeness (QED) is 0.396. The molecule has 3 aromatic rings. The zero-order chi connectivity index (χ0) is 29.8. The van der Waals surface area contributed by atoms with Gasteiger partial charge in [-0.2, -0.15) is 13.2 Å². The lowest BCUT2D eigenvalue weighted by atomic mass is 10.1. The van der Waals surface area contributed by atoms with Gasteiger partial charge in [0.05, 0.1) is 17.1 Å². The zero-order valence-electron chi connectivity index (χ0n) is 21.5. The fraction of sp³-hybridized carbons (Fsp3) is 0.231. The molecule has 0 aliphatic carbocycles. The van der Waals surface area contributed by atoms with Gasteiger partial charge in [0.1, 0.15) is 17.2 Å². The average Bonchev–Trinajstić information content (AvgIpc) is 2.92. The molecular formula is C26H24F3N5O6S. The van der Waals surface area contributed by atoms with Crippen LogP contribution in [0.25, 0.3) is 0 Å². The average molecular weight is 592 g/mol. The maximum absolute atomic E-state index is 13.5. The fourth-order valence-electron chi connectivity index (χ4n) is 3.85. The Bertz CT molecular complexity index is 1570. The number of nitrogens with zero attached hydrogens (tertiary/aromatic N) is 2. The smallest absolute Gasteiger partial charge is 0.416 e. The third kappa shape index (κ3) is 7.72. The summed E-state index contributed by atoms with van der Waals surface area (Å²) in [5, 5.41) is 7.23. The molecule has 1 fully saturated rings. The highest BCUT2D eigenvalue weighted by Gasteiger charge is 2.33. The lowest BCUT2D eigenvalue weighted by Gasteiger charge is -2.27. The normalized spacial score (nSPS) is 14.6. The Kier molecular flexibility index (Phi) is 8.47. The van der Waals surface area contributed by atoms with Crippen molar-refractivity contribution in [2.75, 3.05) is 42.3 Å². The van der Waals surface area contributed by atoms with E-state index in [9.17, 15) is 36.0 Å². The minimum atomic E-state index is -4.81. The highest BCUT2D eigenvalue weighted by atomic mass is 32.2. The summed E-state index contributed by atoms with van der Waals surface area (Å²) in [6.07, 6.45) is -3.40. The molecule has 4 amide bonds. The number of nitrogens with one attached hydrogen (secondary N) is 3. The maximum Gasteiger partial charge on any atom is 0.416 e. The molecule has 1 aliphatic heterocycles. The number of hydrogen-bond acceptors (Lipinski definition) is 7. The largest absolute Gasteiger partial charge is 0.457 e. The van der Waals surface area contributed by atoms with E-state index in [0.717, 1.165) is 11.0 Å². The minimum Gasteiger partial charge on any atom is -0.457 e. The number of hydrogen-bond donors (Lipinski definition) is 3. The molecule has 1 saturated heterocycles. The summed E-state index contributed by atoms with van der Waals surface area (Å²) < 4.78 is 69.6. The van der Waals surface area contributed by atoms with Crippen molar-refractivity contribution in [1.82, 2.24) is 15.2 Å². The number of halogens is 3. The summed E-state index contributed by atoms with van der Waals surface area (Å²) in [6, 6.07) is 10.6. The summed E-state index contributed by atoms with van der Waals surface area (Å²) in [4.78, 5) is 42.3. The number of pyridine rings is 1. The van der Waals surface area contributed by atoms with Gasteiger partial charge in [0.15, 0.2) is 9.84 Å². The third-order valence-electron chi connectivity index (χ3n) is 5.94. The molecule has 41 heavy (non-hydrogen) atoms. The summed E-state index contributed by atoms with van der Waals surface area (Å²) in [5.41, 5.74) is -1.33. The van der Waals surface area contributed by atoms with E-state index < -0.39 is 33.5 Å². The number of carbonyl (C=O) groups is 3. The van der Waals surface area contributed by atoms with Crippen LogP contribution in [0.15, 0.2) is 60.8 Å². The Morgan fingerprint density at radius 3 is 2.20 bits per heavy atom. The molecule has 1 aromatic heterocycles. The Balaban J connectivity index is 1.44. The molecule has 2 aromatic carbocycles. The van der Waals surface area contributed by atoms with E-state index in [1.807, 2.05) is 0 Å². The van der Waals surface area contributed by atoms with Crippen molar-refractivity contribution in [2.45, 2.75) is 6.18 Å². The van der Waals surface area contributed by atoms with Crippen LogP contribution in [-0.2, 0) is 16.0 Å². The third-order valence-corrected chi connectivity index (χ3v) is 7.54. The number of sulfone groups is 1. The number of benzene rings is 2. The van der Waals surface area contributed by atoms with Gasteiger partial charge in [-0.05, 0) is 48.5 Å². The van der Waals surface area contributed by atoms with Gasteiger partial charge in [-0.1, -0.05) is 0 Å². The van der Waals surface area contributed by atoms with Gasteiger partial charge < -0.3 is 25.6 Å². The predicted octanol–water partition coefficient (Wildman–Crippen LogP) is 3.77. The van der Waals surface area contributed by atoms with E-state index >= 15 is 0 Å². The number of ether oxygens (including phenoxy) is 1. The molecule has 15 heteroatoms. The van der Waals surface area contributed by atoms with Crippen molar-refractivity contribution in [2.24, 2.45) is 0 Å². The number of anilines is 2. The van der Waals surface area contributed by atoms with Gasteiger partial charge in [0, 0.05) is 49.3 Å². The van der Waals surface area contributed by atoms with Gasteiger partial charge in [-0.25, -0.2) is 13.2 Å². The van der Waals surface area contributed by atoms with Crippen molar-refractivity contribution in [3.63, 3.8) is 0 Å². The number of aromatic nitrogens is 1. The van der Waals surface area contributed by atoms with Crippen LogP contribution in [0.4, 0.5) is 29.3 Å². The van der Waals surface area contributed by atoms with Crippen LogP contribution >= 0.6 is 0 Å². The molecular weight excluding hydrogens is 567 g/mol. The molecule has 0 saturated carbocycles. The van der Waals surface area contributed by atoms with E-state index in [2.05, 4.69) is 20.9 Å². The Morgan fingerprint density at radius 1 is 0.902 bits per heavy atom. The summed E-state index contributed by atoms with van der Waals surface area (Å²) >= 11 is 0. The van der Waals surface area contributed by atoms with Crippen LogP contribution in [0.1, 0.15) is 26.4 Å². The first-order valence-electron chi connectivity index (χ1n) is 12.1. The standard InChI is InChI=1S/C26H24F3N5O6S/c1-30-23(35)22-15-21(6-7-31-22)40-20-4-2-18(3-5-20)32-25(37)33-19-13-16(12-17(14-19)26(27,28)29)24(36)34-8-10-41(38,39)11-9-34/h2-7,12-15H,8-11H2,1H3,(H,30,35)(H2,32,33,37). The summed E-state index contributed by atoms with van der Waals surface area (Å²) in [6.45, 7) is -0.284.